The summed E-state index contributed by atoms with van der Waals surface area (Å²) < 4.78 is 5.09. The summed E-state index contributed by atoms with van der Waals surface area (Å²) in [5.41, 5.74) is -0.533. The summed E-state index contributed by atoms with van der Waals surface area (Å²) >= 11 is 0. The molecule has 0 bridgehead atoms. The first kappa shape index (κ1) is 13.7. The van der Waals surface area contributed by atoms with E-state index in [9.17, 15) is 9.59 Å². The third-order valence-electron chi connectivity index (χ3n) is 1.45. The SMILES string of the molecule is CC=CC(=O)CN(C)C(=O)OC(C)(C)C. The molecular weight excluding hydrogens is 194 g/mol. The van der Waals surface area contributed by atoms with Gasteiger partial charge in [-0.15, -0.1) is 0 Å². The summed E-state index contributed by atoms with van der Waals surface area (Å²) in [5, 5.41) is 0. The van der Waals surface area contributed by atoms with E-state index >= 15 is 0 Å². The molecule has 4 nitrogen and oxygen atoms in total. The van der Waals surface area contributed by atoms with Crippen LogP contribution in [0.4, 0.5) is 4.79 Å². The minimum absolute atomic E-state index is 0.0409. The molecule has 0 radical (unpaired) electrons. The van der Waals surface area contributed by atoms with Gasteiger partial charge in [-0.1, -0.05) is 6.08 Å². The molecule has 0 aliphatic rings. The van der Waals surface area contributed by atoms with E-state index in [-0.39, 0.29) is 12.3 Å². The number of allylic oxidation sites excluding steroid dienone is 1. The van der Waals surface area contributed by atoms with E-state index in [4.69, 9.17) is 4.74 Å². The van der Waals surface area contributed by atoms with Gasteiger partial charge in [0.05, 0.1) is 6.54 Å². The molecule has 0 heterocycles. The number of carbonyl (C=O) groups is 2. The Labute approximate surface area is 90.9 Å². The zero-order valence-corrected chi connectivity index (χ0v) is 10.0. The van der Waals surface area contributed by atoms with Crippen LogP contribution >= 0.6 is 0 Å². The minimum Gasteiger partial charge on any atom is -0.444 e. The van der Waals surface area contributed by atoms with Gasteiger partial charge >= 0.3 is 6.09 Å². The van der Waals surface area contributed by atoms with Gasteiger partial charge in [-0.2, -0.15) is 0 Å². The van der Waals surface area contributed by atoms with Crippen molar-refractivity contribution >= 4 is 11.9 Å². The van der Waals surface area contributed by atoms with Gasteiger partial charge in [0, 0.05) is 7.05 Å². The molecule has 0 saturated carbocycles. The van der Waals surface area contributed by atoms with Crippen LogP contribution in [-0.4, -0.2) is 36.0 Å². The van der Waals surface area contributed by atoms with Gasteiger partial charge in [-0.05, 0) is 33.8 Å². The van der Waals surface area contributed by atoms with E-state index < -0.39 is 11.7 Å². The summed E-state index contributed by atoms with van der Waals surface area (Å²) in [6.45, 7) is 7.15. The fraction of sp³-hybridized carbons (Fsp3) is 0.636. The van der Waals surface area contributed by atoms with Crippen LogP contribution in [-0.2, 0) is 9.53 Å². The second-order valence-corrected chi connectivity index (χ2v) is 4.30. The molecule has 0 spiro atoms. The summed E-state index contributed by atoms with van der Waals surface area (Å²) in [7, 11) is 1.54. The zero-order valence-electron chi connectivity index (χ0n) is 10.0. The van der Waals surface area contributed by atoms with Gasteiger partial charge in [-0.3, -0.25) is 4.79 Å². The number of ketones is 1. The van der Waals surface area contributed by atoms with Gasteiger partial charge in [0.15, 0.2) is 5.78 Å². The molecule has 1 amide bonds. The highest BCUT2D eigenvalue weighted by atomic mass is 16.6. The van der Waals surface area contributed by atoms with Crippen molar-refractivity contribution < 1.29 is 14.3 Å². The maximum absolute atomic E-state index is 11.4. The third kappa shape index (κ3) is 6.71. The number of likely N-dealkylation sites (N-methyl/N-ethyl adjacent to an activating group) is 1. The van der Waals surface area contributed by atoms with Crippen molar-refractivity contribution in [3.63, 3.8) is 0 Å². The summed E-state index contributed by atoms with van der Waals surface area (Å²) in [5.74, 6) is -0.120. The van der Waals surface area contributed by atoms with Crippen molar-refractivity contribution in [3.8, 4) is 0 Å². The average molecular weight is 213 g/mol. The zero-order chi connectivity index (χ0) is 12.1. The summed E-state index contributed by atoms with van der Waals surface area (Å²) in [6.07, 6.45) is 2.59. The van der Waals surface area contributed by atoms with Gasteiger partial charge < -0.3 is 9.64 Å². The van der Waals surface area contributed by atoms with Crippen molar-refractivity contribution in [1.29, 1.82) is 0 Å². The van der Waals surface area contributed by atoms with Crippen molar-refractivity contribution in [1.82, 2.24) is 4.90 Å². The number of carbonyl (C=O) groups excluding carboxylic acids is 2. The molecule has 0 aromatic rings. The maximum Gasteiger partial charge on any atom is 0.410 e. The normalized spacial score (nSPS) is 11.5. The number of rotatable bonds is 3. The Morgan fingerprint density at radius 2 is 1.87 bits per heavy atom. The van der Waals surface area contributed by atoms with Crippen molar-refractivity contribution in [2.75, 3.05) is 13.6 Å². The minimum atomic E-state index is -0.533. The largest absolute Gasteiger partial charge is 0.444 e. The molecule has 15 heavy (non-hydrogen) atoms. The van der Waals surface area contributed by atoms with Gasteiger partial charge in [0.1, 0.15) is 5.60 Å². The van der Waals surface area contributed by atoms with Crippen LogP contribution in [0.2, 0.25) is 0 Å². The molecule has 0 atom stereocenters. The molecule has 0 aliphatic carbocycles. The van der Waals surface area contributed by atoms with Crippen LogP contribution in [0.1, 0.15) is 27.7 Å². The van der Waals surface area contributed by atoms with Crippen molar-refractivity contribution in [2.45, 2.75) is 33.3 Å². The lowest BCUT2D eigenvalue weighted by Gasteiger charge is -2.23. The Balaban J connectivity index is 4.16. The molecule has 0 aromatic heterocycles. The van der Waals surface area contributed by atoms with Gasteiger partial charge in [-0.25, -0.2) is 4.79 Å². The van der Waals surface area contributed by atoms with Gasteiger partial charge in [0.2, 0.25) is 0 Å². The molecule has 86 valence electrons. The number of hydrogen-bond acceptors (Lipinski definition) is 3. The monoisotopic (exact) mass is 213 g/mol. The van der Waals surface area contributed by atoms with Gasteiger partial charge in [0.25, 0.3) is 0 Å². The number of amides is 1. The fourth-order valence-corrected chi connectivity index (χ4v) is 0.877. The molecule has 0 rings (SSSR count). The predicted octanol–water partition coefficient (Wildman–Crippen LogP) is 2.00. The van der Waals surface area contributed by atoms with Crippen LogP contribution in [0.15, 0.2) is 12.2 Å². The first-order chi connectivity index (χ1) is 6.76. The third-order valence-corrected chi connectivity index (χ3v) is 1.45. The lowest BCUT2D eigenvalue weighted by Crippen LogP contribution is -2.36. The molecule has 0 aliphatic heterocycles. The highest BCUT2D eigenvalue weighted by Gasteiger charge is 2.20. The lowest BCUT2D eigenvalue weighted by atomic mass is 10.2. The average Bonchev–Trinajstić information content (AvgIpc) is 2.00. The van der Waals surface area contributed by atoms with Crippen LogP contribution in [0.5, 0.6) is 0 Å². The van der Waals surface area contributed by atoms with E-state index in [1.807, 2.05) is 0 Å². The van der Waals surface area contributed by atoms with Crippen LogP contribution < -0.4 is 0 Å². The summed E-state index contributed by atoms with van der Waals surface area (Å²) in [4.78, 5) is 23.9. The topological polar surface area (TPSA) is 46.6 Å². The second-order valence-electron chi connectivity index (χ2n) is 4.30. The van der Waals surface area contributed by atoms with E-state index in [0.717, 1.165) is 0 Å². The van der Waals surface area contributed by atoms with E-state index in [1.54, 1.807) is 33.8 Å². The number of ether oxygens (including phenoxy) is 1. The smallest absolute Gasteiger partial charge is 0.410 e. The number of nitrogens with zero attached hydrogens (tertiary/aromatic N) is 1. The number of hydrogen-bond donors (Lipinski definition) is 0. The van der Waals surface area contributed by atoms with Crippen LogP contribution in [0, 0.1) is 0 Å². The quantitative estimate of drug-likeness (QED) is 0.674. The fourth-order valence-electron chi connectivity index (χ4n) is 0.877. The molecule has 0 N–H and O–H groups in total. The standard InChI is InChI=1S/C11H19NO3/c1-6-7-9(13)8-12(5)10(14)15-11(2,3)4/h6-7H,8H2,1-5H3. The maximum atomic E-state index is 11.4. The van der Waals surface area contributed by atoms with E-state index in [2.05, 4.69) is 0 Å². The Bertz CT molecular complexity index is 263. The lowest BCUT2D eigenvalue weighted by molar-refractivity contribution is -0.115. The molecule has 4 heteroatoms. The Morgan fingerprint density at radius 3 is 2.27 bits per heavy atom. The summed E-state index contributed by atoms with van der Waals surface area (Å²) in [6, 6.07) is 0. The molecule has 0 saturated heterocycles. The highest BCUT2D eigenvalue weighted by Crippen LogP contribution is 2.08. The molecule has 0 aromatic carbocycles. The first-order valence-corrected chi connectivity index (χ1v) is 4.86. The van der Waals surface area contributed by atoms with Crippen molar-refractivity contribution in [2.24, 2.45) is 0 Å². The van der Waals surface area contributed by atoms with Crippen LogP contribution in [0.25, 0.3) is 0 Å². The molecular formula is C11H19NO3. The Kier molecular flexibility index (Phi) is 5.05. The van der Waals surface area contributed by atoms with Crippen molar-refractivity contribution in [3.05, 3.63) is 12.2 Å². The Morgan fingerprint density at radius 1 is 1.33 bits per heavy atom. The van der Waals surface area contributed by atoms with E-state index in [1.165, 1.54) is 18.0 Å². The van der Waals surface area contributed by atoms with E-state index in [0.29, 0.717) is 0 Å². The molecule has 0 fully saturated rings. The van der Waals surface area contributed by atoms with Crippen LogP contribution in [0.3, 0.4) is 0 Å². The predicted molar refractivity (Wildman–Crippen MR) is 58.7 cm³/mol. The highest BCUT2D eigenvalue weighted by molar-refractivity contribution is 5.93. The Hall–Kier alpha value is -1.32. The second kappa shape index (κ2) is 5.53. The first-order valence-electron chi connectivity index (χ1n) is 4.86. The molecule has 0 unspecified atom stereocenters.